The quantitative estimate of drug-likeness (QED) is 0.818. The molecular weight excluding hydrogens is 363 g/mol. The van der Waals surface area contributed by atoms with Crippen LogP contribution in [-0.2, 0) is 16.2 Å². The van der Waals surface area contributed by atoms with Gasteiger partial charge >= 0.3 is 6.18 Å². The van der Waals surface area contributed by atoms with Gasteiger partial charge in [0, 0.05) is 5.56 Å². The minimum absolute atomic E-state index is 0.167. The summed E-state index contributed by atoms with van der Waals surface area (Å²) >= 11 is 0. The molecule has 7 heteroatoms. The van der Waals surface area contributed by atoms with Crippen LogP contribution in [0.15, 0.2) is 41.3 Å². The molecule has 3 nitrogen and oxygen atoms in total. The fourth-order valence-electron chi connectivity index (χ4n) is 2.77. The number of rotatable bonds is 3. The zero-order valence-corrected chi connectivity index (χ0v) is 15.3. The van der Waals surface area contributed by atoms with E-state index in [1.165, 1.54) is 18.2 Å². The Bertz CT molecular complexity index is 961. The third-order valence-electron chi connectivity index (χ3n) is 3.68. The van der Waals surface area contributed by atoms with E-state index in [4.69, 9.17) is 0 Å². The lowest BCUT2D eigenvalue weighted by molar-refractivity contribution is -0.137. The van der Waals surface area contributed by atoms with Gasteiger partial charge in [0.05, 0.1) is 17.0 Å². The lowest BCUT2D eigenvalue weighted by Crippen LogP contribution is -2.25. The Morgan fingerprint density at radius 1 is 1.04 bits per heavy atom. The van der Waals surface area contributed by atoms with Gasteiger partial charge < -0.3 is 0 Å². The van der Waals surface area contributed by atoms with Gasteiger partial charge in [-0.15, -0.1) is 0 Å². The molecule has 0 aliphatic rings. The lowest BCUT2D eigenvalue weighted by atomic mass is 10.1. The number of benzene rings is 2. The highest BCUT2D eigenvalue weighted by Gasteiger charge is 2.32. The zero-order valence-electron chi connectivity index (χ0n) is 14.5. The van der Waals surface area contributed by atoms with Crippen molar-refractivity contribution in [3.05, 3.63) is 64.2 Å². The highest BCUT2D eigenvalue weighted by atomic mass is 32.2. The Kier molecular flexibility index (Phi) is 5.79. The van der Waals surface area contributed by atoms with Crippen molar-refractivity contribution < 1.29 is 21.6 Å². The van der Waals surface area contributed by atoms with Crippen LogP contribution in [0.5, 0.6) is 0 Å². The summed E-state index contributed by atoms with van der Waals surface area (Å²) in [7, 11) is -3.81. The molecule has 2 aromatic rings. The summed E-state index contributed by atoms with van der Waals surface area (Å²) in [5.74, 6) is 4.84. The van der Waals surface area contributed by atoms with Crippen molar-refractivity contribution in [3.63, 3.8) is 0 Å². The number of hydrogen-bond donors (Lipinski definition) is 1. The van der Waals surface area contributed by atoms with E-state index in [2.05, 4.69) is 16.6 Å². The maximum Gasteiger partial charge on any atom is 0.417 e. The van der Waals surface area contributed by atoms with Gasteiger partial charge in [-0.25, -0.2) is 8.42 Å². The minimum Gasteiger partial charge on any atom is -0.207 e. The third-order valence-corrected chi connectivity index (χ3v) is 5.39. The second kappa shape index (κ2) is 7.52. The molecule has 138 valence electrons. The van der Waals surface area contributed by atoms with Crippen LogP contribution in [0.3, 0.4) is 0 Å². The molecule has 0 saturated carbocycles. The van der Waals surface area contributed by atoms with Crippen molar-refractivity contribution in [1.82, 2.24) is 4.72 Å². The Morgan fingerprint density at radius 3 is 2.19 bits per heavy atom. The van der Waals surface area contributed by atoms with Gasteiger partial charge in [0.1, 0.15) is 0 Å². The van der Waals surface area contributed by atoms with Crippen LogP contribution in [-0.4, -0.2) is 15.0 Å². The molecule has 0 amide bonds. The summed E-state index contributed by atoms with van der Waals surface area (Å²) in [5, 5.41) is 0. The topological polar surface area (TPSA) is 46.2 Å². The molecule has 0 radical (unpaired) electrons. The number of aryl methyl sites for hydroxylation is 3. The molecule has 0 atom stereocenters. The van der Waals surface area contributed by atoms with Gasteiger partial charge in [-0.2, -0.15) is 17.9 Å². The molecule has 2 rings (SSSR count). The Labute approximate surface area is 151 Å². The molecule has 1 N–H and O–H groups in total. The van der Waals surface area contributed by atoms with Gasteiger partial charge in [-0.1, -0.05) is 41.7 Å². The second-order valence-corrected chi connectivity index (χ2v) is 7.60. The Hall–Kier alpha value is -2.30. The van der Waals surface area contributed by atoms with Crippen molar-refractivity contribution in [1.29, 1.82) is 0 Å². The minimum atomic E-state index is -4.51. The molecule has 0 saturated heterocycles. The van der Waals surface area contributed by atoms with Crippen LogP contribution >= 0.6 is 0 Å². The largest absolute Gasteiger partial charge is 0.417 e. The Morgan fingerprint density at radius 2 is 1.62 bits per heavy atom. The molecule has 26 heavy (non-hydrogen) atoms. The molecular formula is C19H18F3NO2S. The van der Waals surface area contributed by atoms with Crippen LogP contribution in [0.4, 0.5) is 13.2 Å². The van der Waals surface area contributed by atoms with Crippen LogP contribution in [0.25, 0.3) is 0 Å². The van der Waals surface area contributed by atoms with Crippen LogP contribution < -0.4 is 4.72 Å². The Balaban J connectivity index is 2.21. The summed E-state index contributed by atoms with van der Waals surface area (Å²) in [6.45, 7) is 4.97. The van der Waals surface area contributed by atoms with Gasteiger partial charge in [0.2, 0.25) is 10.0 Å². The first-order chi connectivity index (χ1) is 12.0. The molecule has 0 unspecified atom stereocenters. The molecule has 0 spiro atoms. The molecule has 0 aliphatic carbocycles. The first kappa shape index (κ1) is 20.0. The number of nitrogens with one attached hydrogen (secondary N) is 1. The van der Waals surface area contributed by atoms with E-state index in [1.54, 1.807) is 26.0 Å². The summed E-state index contributed by atoms with van der Waals surface area (Å²) < 4.78 is 66.0. The fraction of sp³-hybridized carbons (Fsp3) is 0.263. The van der Waals surface area contributed by atoms with Gasteiger partial charge in [-0.05, 0) is 44.0 Å². The molecule has 0 aliphatic heterocycles. The van der Waals surface area contributed by atoms with Crippen LogP contribution in [0.1, 0.15) is 27.8 Å². The average molecular weight is 381 g/mol. The summed E-state index contributed by atoms with van der Waals surface area (Å²) in [6.07, 6.45) is -4.51. The van der Waals surface area contributed by atoms with Crippen LogP contribution in [0, 0.1) is 32.6 Å². The smallest absolute Gasteiger partial charge is 0.207 e. The summed E-state index contributed by atoms with van der Waals surface area (Å²) in [4.78, 5) is 0.167. The molecule has 2 aromatic carbocycles. The normalized spacial score (nSPS) is 11.8. The third kappa shape index (κ3) is 4.65. The first-order valence-electron chi connectivity index (χ1n) is 7.75. The van der Waals surface area contributed by atoms with Crippen molar-refractivity contribution in [2.24, 2.45) is 0 Å². The van der Waals surface area contributed by atoms with E-state index in [0.29, 0.717) is 11.1 Å². The number of alkyl halides is 3. The van der Waals surface area contributed by atoms with E-state index in [9.17, 15) is 21.6 Å². The number of sulfonamides is 1. The SMILES string of the molecule is Cc1cc(C)c(S(=O)(=O)NCC#Cc2ccccc2C(F)(F)F)c(C)c1. The van der Waals surface area contributed by atoms with E-state index in [0.717, 1.165) is 11.6 Å². The molecule has 0 bridgehead atoms. The maximum absolute atomic E-state index is 12.9. The molecule has 0 aromatic heterocycles. The standard InChI is InChI=1S/C19H18F3NO2S/c1-13-11-14(2)18(15(3)12-13)26(24,25)23-10-6-8-16-7-4-5-9-17(16)19(20,21)22/h4-5,7,9,11-12,23H,10H2,1-3H3. The first-order valence-corrected chi connectivity index (χ1v) is 9.23. The summed E-state index contributed by atoms with van der Waals surface area (Å²) in [5.41, 5.74) is 1.11. The van der Waals surface area contributed by atoms with Gasteiger partial charge in [0.25, 0.3) is 0 Å². The van der Waals surface area contributed by atoms with Crippen molar-refractivity contribution in [2.75, 3.05) is 6.54 Å². The van der Waals surface area contributed by atoms with Crippen molar-refractivity contribution in [3.8, 4) is 11.8 Å². The van der Waals surface area contributed by atoms with Gasteiger partial charge in [0.15, 0.2) is 0 Å². The highest BCUT2D eigenvalue weighted by Crippen LogP contribution is 2.31. The second-order valence-electron chi connectivity index (χ2n) is 5.90. The van der Waals surface area contributed by atoms with E-state index in [1.807, 2.05) is 6.92 Å². The predicted octanol–water partition coefficient (Wildman–Crippen LogP) is 3.96. The number of hydrogen-bond acceptors (Lipinski definition) is 2. The summed E-state index contributed by atoms with van der Waals surface area (Å²) in [6, 6.07) is 8.42. The monoisotopic (exact) mass is 381 g/mol. The molecule has 0 fully saturated rings. The van der Waals surface area contributed by atoms with Gasteiger partial charge in [-0.3, -0.25) is 0 Å². The van der Waals surface area contributed by atoms with E-state index < -0.39 is 21.8 Å². The zero-order chi connectivity index (χ0) is 19.5. The number of halogens is 3. The fourth-order valence-corrected chi connectivity index (χ4v) is 4.14. The van der Waals surface area contributed by atoms with Crippen molar-refractivity contribution >= 4 is 10.0 Å². The lowest BCUT2D eigenvalue weighted by Gasteiger charge is -2.12. The maximum atomic E-state index is 12.9. The van der Waals surface area contributed by atoms with E-state index in [-0.39, 0.29) is 17.0 Å². The van der Waals surface area contributed by atoms with Crippen molar-refractivity contribution in [2.45, 2.75) is 31.8 Å². The predicted molar refractivity (Wildman–Crippen MR) is 94.2 cm³/mol. The average Bonchev–Trinajstić information content (AvgIpc) is 2.49. The van der Waals surface area contributed by atoms with Crippen LogP contribution in [0.2, 0.25) is 0 Å². The molecule has 0 heterocycles. The van der Waals surface area contributed by atoms with E-state index >= 15 is 0 Å². The highest BCUT2D eigenvalue weighted by molar-refractivity contribution is 7.89.